The van der Waals surface area contributed by atoms with E-state index in [1.165, 1.54) is 12.1 Å². The van der Waals surface area contributed by atoms with Crippen molar-refractivity contribution in [1.29, 1.82) is 0 Å². The Morgan fingerprint density at radius 3 is 2.71 bits per heavy atom. The summed E-state index contributed by atoms with van der Waals surface area (Å²) in [6.07, 6.45) is 2.16. The van der Waals surface area contributed by atoms with Crippen molar-refractivity contribution in [2.45, 2.75) is 6.42 Å². The average molecular weight is 353 g/mol. The molecule has 0 fully saturated rings. The minimum absolute atomic E-state index is 0.276. The second kappa shape index (κ2) is 7.14. The van der Waals surface area contributed by atoms with Crippen LogP contribution in [0.25, 0.3) is 0 Å². The molecule has 0 aliphatic rings. The minimum Gasteiger partial charge on any atom is -0.352 e. The largest absolute Gasteiger partial charge is 0.352 e. The van der Waals surface area contributed by atoms with Crippen LogP contribution in [0.2, 0.25) is 0 Å². The van der Waals surface area contributed by atoms with Crippen molar-refractivity contribution >= 4 is 27.7 Å². The molecule has 0 saturated carbocycles. The lowest BCUT2D eigenvalue weighted by atomic mass is 10.1. The van der Waals surface area contributed by atoms with E-state index in [0.717, 1.165) is 5.56 Å². The van der Waals surface area contributed by atoms with Gasteiger partial charge in [-0.15, -0.1) is 0 Å². The number of pyridine rings is 1. The number of hydrazine groups is 1. The van der Waals surface area contributed by atoms with Crippen LogP contribution >= 0.6 is 15.9 Å². The van der Waals surface area contributed by atoms with E-state index in [1.807, 2.05) is 0 Å². The van der Waals surface area contributed by atoms with Gasteiger partial charge in [-0.2, -0.15) is 0 Å². The number of nitrogen functional groups attached to an aromatic ring is 1. The van der Waals surface area contributed by atoms with Crippen molar-refractivity contribution in [2.75, 3.05) is 12.0 Å². The number of nitrogens with two attached hydrogens (primary N) is 1. The van der Waals surface area contributed by atoms with Crippen LogP contribution in [0.5, 0.6) is 0 Å². The van der Waals surface area contributed by atoms with E-state index in [9.17, 15) is 9.18 Å². The fourth-order valence-corrected chi connectivity index (χ4v) is 2.13. The minimum atomic E-state index is -0.279. The molecule has 0 aliphatic carbocycles. The number of hydrogen-bond acceptors (Lipinski definition) is 4. The number of benzene rings is 1. The first-order valence-corrected chi connectivity index (χ1v) is 7.04. The van der Waals surface area contributed by atoms with E-state index in [2.05, 4.69) is 31.7 Å². The van der Waals surface area contributed by atoms with E-state index in [1.54, 1.807) is 24.4 Å². The topological polar surface area (TPSA) is 80.0 Å². The van der Waals surface area contributed by atoms with Gasteiger partial charge < -0.3 is 10.7 Å². The van der Waals surface area contributed by atoms with Crippen LogP contribution in [0, 0.1) is 5.82 Å². The van der Waals surface area contributed by atoms with E-state index in [-0.39, 0.29) is 11.7 Å². The van der Waals surface area contributed by atoms with Crippen molar-refractivity contribution in [3.63, 3.8) is 0 Å². The van der Waals surface area contributed by atoms with Crippen molar-refractivity contribution in [2.24, 2.45) is 5.84 Å². The molecule has 0 bridgehead atoms. The van der Waals surface area contributed by atoms with Crippen LogP contribution in [-0.4, -0.2) is 17.4 Å². The third kappa shape index (κ3) is 4.24. The molecule has 5 nitrogen and oxygen atoms in total. The molecule has 110 valence electrons. The monoisotopic (exact) mass is 352 g/mol. The van der Waals surface area contributed by atoms with Gasteiger partial charge >= 0.3 is 0 Å². The number of rotatable bonds is 5. The SMILES string of the molecule is NNc1ncc(Br)cc1C(=O)NCCc1ccc(F)cc1. The maximum atomic E-state index is 12.8. The number of amides is 1. The second-order valence-corrected chi connectivity index (χ2v) is 5.24. The Labute approximate surface area is 129 Å². The summed E-state index contributed by atoms with van der Waals surface area (Å²) in [5, 5.41) is 2.77. The zero-order valence-corrected chi connectivity index (χ0v) is 12.7. The number of carbonyl (C=O) groups is 1. The Morgan fingerprint density at radius 2 is 2.05 bits per heavy atom. The van der Waals surface area contributed by atoms with Gasteiger partial charge in [0.25, 0.3) is 5.91 Å². The van der Waals surface area contributed by atoms with Gasteiger partial charge in [-0.1, -0.05) is 12.1 Å². The van der Waals surface area contributed by atoms with Crippen LogP contribution in [0.3, 0.4) is 0 Å². The zero-order valence-electron chi connectivity index (χ0n) is 11.1. The molecular weight excluding hydrogens is 339 g/mol. The Balaban J connectivity index is 1.95. The number of anilines is 1. The van der Waals surface area contributed by atoms with Crippen molar-refractivity contribution in [3.8, 4) is 0 Å². The highest BCUT2D eigenvalue weighted by Gasteiger charge is 2.12. The maximum Gasteiger partial charge on any atom is 0.255 e. The van der Waals surface area contributed by atoms with Crippen LogP contribution < -0.4 is 16.6 Å². The number of aromatic nitrogens is 1. The predicted octanol–water partition coefficient (Wildman–Crippen LogP) is 2.24. The first-order valence-electron chi connectivity index (χ1n) is 6.25. The molecular formula is C14H14BrFN4O. The number of carbonyl (C=O) groups excluding carboxylic acids is 1. The molecule has 1 aromatic heterocycles. The lowest BCUT2D eigenvalue weighted by Crippen LogP contribution is -2.27. The van der Waals surface area contributed by atoms with Crippen molar-refractivity contribution in [3.05, 3.63) is 57.9 Å². The predicted molar refractivity (Wildman–Crippen MR) is 82.2 cm³/mol. The van der Waals surface area contributed by atoms with Gasteiger partial charge in [0.2, 0.25) is 0 Å². The third-order valence-corrected chi connectivity index (χ3v) is 3.28. The number of nitrogens with one attached hydrogen (secondary N) is 2. The summed E-state index contributed by atoms with van der Waals surface area (Å²) in [5.74, 6) is 5.08. The van der Waals surface area contributed by atoms with Gasteiger partial charge in [-0.25, -0.2) is 15.2 Å². The standard InChI is InChI=1S/C14H14BrFN4O/c15-10-7-12(13(20-17)19-8-10)14(21)18-6-5-9-1-3-11(16)4-2-9/h1-4,7-8H,5-6,17H2,(H,18,21)(H,19,20). The summed E-state index contributed by atoms with van der Waals surface area (Å²) < 4.78 is 13.5. The number of hydrogen-bond donors (Lipinski definition) is 3. The smallest absolute Gasteiger partial charge is 0.255 e. The van der Waals surface area contributed by atoms with Crippen molar-refractivity contribution < 1.29 is 9.18 Å². The van der Waals surface area contributed by atoms with Gasteiger partial charge in [-0.3, -0.25) is 4.79 Å². The Bertz CT molecular complexity index is 633. The Kier molecular flexibility index (Phi) is 5.24. The number of nitrogens with zero attached hydrogens (tertiary/aromatic N) is 1. The number of halogens is 2. The van der Waals surface area contributed by atoms with Gasteiger partial charge in [0.1, 0.15) is 5.82 Å². The van der Waals surface area contributed by atoms with Crippen LogP contribution in [0.4, 0.5) is 10.2 Å². The third-order valence-electron chi connectivity index (χ3n) is 2.85. The van der Waals surface area contributed by atoms with Crippen LogP contribution in [0.1, 0.15) is 15.9 Å². The molecule has 0 unspecified atom stereocenters. The van der Waals surface area contributed by atoms with Gasteiger partial charge in [-0.05, 0) is 46.1 Å². The van der Waals surface area contributed by atoms with Crippen LogP contribution in [-0.2, 0) is 6.42 Å². The molecule has 0 atom stereocenters. The Hall–Kier alpha value is -1.99. The molecule has 7 heteroatoms. The quantitative estimate of drug-likeness (QED) is 0.569. The van der Waals surface area contributed by atoms with E-state index in [4.69, 9.17) is 5.84 Å². The van der Waals surface area contributed by atoms with Crippen LogP contribution in [0.15, 0.2) is 41.0 Å². The summed E-state index contributed by atoms with van der Waals surface area (Å²) in [5.41, 5.74) is 3.68. The fourth-order valence-electron chi connectivity index (χ4n) is 1.79. The summed E-state index contributed by atoms with van der Waals surface area (Å²) in [7, 11) is 0. The molecule has 0 spiro atoms. The van der Waals surface area contributed by atoms with Gasteiger partial charge in [0.15, 0.2) is 5.82 Å². The van der Waals surface area contributed by atoms with Gasteiger partial charge in [0, 0.05) is 17.2 Å². The van der Waals surface area contributed by atoms with E-state index in [0.29, 0.717) is 28.8 Å². The first-order chi connectivity index (χ1) is 10.1. The highest BCUT2D eigenvalue weighted by molar-refractivity contribution is 9.10. The summed E-state index contributed by atoms with van der Waals surface area (Å²) >= 11 is 3.26. The second-order valence-electron chi connectivity index (χ2n) is 4.33. The summed E-state index contributed by atoms with van der Waals surface area (Å²) in [4.78, 5) is 16.1. The lowest BCUT2D eigenvalue weighted by Gasteiger charge is -2.09. The first kappa shape index (κ1) is 15.4. The van der Waals surface area contributed by atoms with Gasteiger partial charge in [0.05, 0.1) is 5.56 Å². The zero-order chi connectivity index (χ0) is 15.2. The summed E-state index contributed by atoms with van der Waals surface area (Å²) in [6.45, 7) is 0.432. The average Bonchev–Trinajstić information content (AvgIpc) is 2.49. The summed E-state index contributed by atoms with van der Waals surface area (Å²) in [6, 6.07) is 7.80. The molecule has 1 amide bonds. The molecule has 1 heterocycles. The molecule has 0 radical (unpaired) electrons. The normalized spacial score (nSPS) is 10.2. The molecule has 4 N–H and O–H groups in total. The molecule has 21 heavy (non-hydrogen) atoms. The Morgan fingerprint density at radius 1 is 1.33 bits per heavy atom. The maximum absolute atomic E-state index is 12.8. The molecule has 2 rings (SSSR count). The fraction of sp³-hybridized carbons (Fsp3) is 0.143. The molecule has 1 aromatic carbocycles. The molecule has 2 aromatic rings. The van der Waals surface area contributed by atoms with E-state index < -0.39 is 0 Å². The highest BCUT2D eigenvalue weighted by Crippen LogP contribution is 2.17. The molecule has 0 aliphatic heterocycles. The molecule has 0 saturated heterocycles. The van der Waals surface area contributed by atoms with E-state index >= 15 is 0 Å². The highest BCUT2D eigenvalue weighted by atomic mass is 79.9. The van der Waals surface area contributed by atoms with Crippen molar-refractivity contribution in [1.82, 2.24) is 10.3 Å². The lowest BCUT2D eigenvalue weighted by molar-refractivity contribution is 0.0954.